The largest absolute Gasteiger partial charge is 0.167 e. The molecule has 1 unspecified atom stereocenters. The second-order valence-electron chi connectivity index (χ2n) is 9.43. The highest BCUT2D eigenvalue weighted by atomic mass is 35.6. The minimum absolute atomic E-state index is 0.178. The van der Waals surface area contributed by atoms with E-state index >= 15 is 0 Å². The lowest BCUT2D eigenvalue weighted by Crippen LogP contribution is -2.30. The number of hydrogen-bond donors (Lipinski definition) is 0. The zero-order valence-electron chi connectivity index (χ0n) is 17.2. The maximum absolute atomic E-state index is 7.05. The molecule has 0 radical (unpaired) electrons. The average molecular weight is 383 g/mol. The number of benzene rings is 2. The van der Waals surface area contributed by atoms with Crippen LogP contribution in [-0.4, -0.2) is 7.38 Å². The van der Waals surface area contributed by atoms with E-state index in [1.165, 1.54) is 33.4 Å². The Bertz CT molecular complexity index is 830. The van der Waals surface area contributed by atoms with Gasteiger partial charge in [0.15, 0.2) is 7.38 Å². The molecular formula is C24H31ClSi. The van der Waals surface area contributed by atoms with E-state index in [9.17, 15) is 0 Å². The minimum Gasteiger partial charge on any atom is -0.167 e. The Morgan fingerprint density at radius 1 is 0.962 bits per heavy atom. The summed E-state index contributed by atoms with van der Waals surface area (Å²) in [6, 6.07) is 15.8. The highest BCUT2D eigenvalue weighted by Crippen LogP contribution is 2.50. The average Bonchev–Trinajstić information content (AvgIpc) is 2.94. The van der Waals surface area contributed by atoms with Gasteiger partial charge in [0, 0.05) is 5.54 Å². The van der Waals surface area contributed by atoms with E-state index in [1.54, 1.807) is 0 Å². The van der Waals surface area contributed by atoms with Crippen LogP contribution in [-0.2, 0) is 5.41 Å². The molecule has 0 aliphatic heterocycles. The van der Waals surface area contributed by atoms with Gasteiger partial charge in [-0.2, -0.15) is 11.1 Å². The van der Waals surface area contributed by atoms with Crippen molar-refractivity contribution in [1.82, 2.24) is 0 Å². The highest BCUT2D eigenvalue weighted by molar-refractivity contribution is 7.20. The summed E-state index contributed by atoms with van der Waals surface area (Å²) in [6.07, 6.45) is 2.40. The van der Waals surface area contributed by atoms with Crippen molar-refractivity contribution < 1.29 is 0 Å². The van der Waals surface area contributed by atoms with Gasteiger partial charge in [-0.05, 0) is 39.2 Å². The van der Waals surface area contributed by atoms with E-state index in [-0.39, 0.29) is 5.41 Å². The van der Waals surface area contributed by atoms with Gasteiger partial charge in [0.05, 0.1) is 0 Å². The number of hydrogen-bond acceptors (Lipinski definition) is 0. The van der Waals surface area contributed by atoms with Gasteiger partial charge in [-0.1, -0.05) is 102 Å². The number of rotatable bonds is 3. The second-order valence-corrected chi connectivity index (χ2v) is 16.1. The maximum Gasteiger partial charge on any atom is 0.161 e. The third-order valence-corrected chi connectivity index (χ3v) is 8.15. The first kappa shape index (κ1) is 19.4. The van der Waals surface area contributed by atoms with Gasteiger partial charge in [0.1, 0.15) is 0 Å². The van der Waals surface area contributed by atoms with Crippen LogP contribution in [0.1, 0.15) is 56.9 Å². The SMILES string of the molecule is CC(C)C1=Cc2cccc(-c3ccc(C(C)(C)C)cc3)c2C1[Si](C)(C)Cl. The Morgan fingerprint density at radius 3 is 2.08 bits per heavy atom. The van der Waals surface area contributed by atoms with Crippen molar-refractivity contribution in [2.75, 3.05) is 0 Å². The first-order valence-electron chi connectivity index (χ1n) is 9.64. The van der Waals surface area contributed by atoms with E-state index in [4.69, 9.17) is 11.1 Å². The van der Waals surface area contributed by atoms with Gasteiger partial charge in [-0.25, -0.2) is 0 Å². The van der Waals surface area contributed by atoms with E-state index in [0.29, 0.717) is 11.5 Å². The quantitative estimate of drug-likeness (QED) is 0.375. The van der Waals surface area contributed by atoms with Crippen LogP contribution in [0.5, 0.6) is 0 Å². The van der Waals surface area contributed by atoms with Crippen molar-refractivity contribution in [2.45, 2.75) is 58.7 Å². The standard InChI is InChI=1S/C24H31ClSi/c1-16(2)21-15-18-9-8-10-20(22(18)23(21)26(6,7)25)17-11-13-19(14-12-17)24(3,4)5/h8-16,23H,1-7H3. The molecule has 1 atom stereocenters. The van der Waals surface area contributed by atoms with Crippen molar-refractivity contribution in [3.63, 3.8) is 0 Å². The van der Waals surface area contributed by atoms with Crippen LogP contribution in [0.4, 0.5) is 0 Å². The van der Waals surface area contributed by atoms with E-state index in [2.05, 4.69) is 96.3 Å². The third kappa shape index (κ3) is 3.57. The van der Waals surface area contributed by atoms with E-state index in [0.717, 1.165) is 0 Å². The number of halogens is 1. The van der Waals surface area contributed by atoms with Gasteiger partial charge in [-0.3, -0.25) is 0 Å². The molecule has 0 N–H and O–H groups in total. The molecule has 2 aromatic carbocycles. The van der Waals surface area contributed by atoms with E-state index in [1.807, 2.05) is 0 Å². The normalized spacial score (nSPS) is 17.4. The molecule has 26 heavy (non-hydrogen) atoms. The van der Waals surface area contributed by atoms with Crippen LogP contribution in [0.25, 0.3) is 17.2 Å². The Kier molecular flexibility index (Phi) is 5.00. The number of fused-ring (bicyclic) bond motifs is 1. The molecule has 1 aliphatic carbocycles. The fourth-order valence-electron chi connectivity index (χ4n) is 4.10. The molecular weight excluding hydrogens is 352 g/mol. The topological polar surface area (TPSA) is 0 Å². The molecule has 3 rings (SSSR count). The zero-order chi connectivity index (χ0) is 19.3. The summed E-state index contributed by atoms with van der Waals surface area (Å²) in [7, 11) is -1.90. The Morgan fingerprint density at radius 2 is 1.58 bits per heavy atom. The van der Waals surface area contributed by atoms with Crippen molar-refractivity contribution in [1.29, 1.82) is 0 Å². The Labute approximate surface area is 165 Å². The number of allylic oxidation sites excluding steroid dienone is 1. The molecule has 0 fully saturated rings. The van der Waals surface area contributed by atoms with Crippen molar-refractivity contribution in [3.8, 4) is 11.1 Å². The molecule has 0 spiro atoms. The summed E-state index contributed by atoms with van der Waals surface area (Å²) >= 11 is 7.05. The monoisotopic (exact) mass is 382 g/mol. The van der Waals surface area contributed by atoms with Gasteiger partial charge in [0.2, 0.25) is 0 Å². The van der Waals surface area contributed by atoms with E-state index < -0.39 is 7.38 Å². The molecule has 2 aromatic rings. The smallest absolute Gasteiger partial charge is 0.161 e. The summed E-state index contributed by atoms with van der Waals surface area (Å²) in [5.41, 5.74) is 8.90. The minimum atomic E-state index is -1.90. The van der Waals surface area contributed by atoms with Crippen molar-refractivity contribution >= 4 is 24.5 Å². The summed E-state index contributed by atoms with van der Waals surface area (Å²) in [6.45, 7) is 15.9. The predicted octanol–water partition coefficient (Wildman–Crippen LogP) is 7.77. The molecule has 0 nitrogen and oxygen atoms in total. The van der Waals surface area contributed by atoms with Crippen LogP contribution >= 0.6 is 11.1 Å². The molecule has 0 amide bonds. The molecule has 138 valence electrons. The summed E-state index contributed by atoms with van der Waals surface area (Å²) in [5, 5.41) is 0. The summed E-state index contributed by atoms with van der Waals surface area (Å²) < 4.78 is 0. The molecule has 2 heteroatoms. The van der Waals surface area contributed by atoms with Crippen molar-refractivity contribution in [3.05, 3.63) is 64.7 Å². The molecule has 1 aliphatic rings. The summed E-state index contributed by atoms with van der Waals surface area (Å²) in [4.78, 5) is 0. The van der Waals surface area contributed by atoms with Crippen LogP contribution in [0, 0.1) is 5.92 Å². The van der Waals surface area contributed by atoms with Crippen LogP contribution in [0.3, 0.4) is 0 Å². The molecule has 0 bridgehead atoms. The fraction of sp³-hybridized carbons (Fsp3) is 0.417. The van der Waals surface area contributed by atoms with Crippen molar-refractivity contribution in [2.24, 2.45) is 5.92 Å². The lowest BCUT2D eigenvalue weighted by molar-refractivity contribution is 0.590. The Hall–Kier alpha value is -1.31. The van der Waals surface area contributed by atoms with Crippen LogP contribution in [0.15, 0.2) is 48.0 Å². The van der Waals surface area contributed by atoms with Crippen LogP contribution < -0.4 is 0 Å². The van der Waals surface area contributed by atoms with Gasteiger partial charge < -0.3 is 0 Å². The molecule has 0 saturated carbocycles. The van der Waals surface area contributed by atoms with Gasteiger partial charge in [-0.15, -0.1) is 0 Å². The molecule has 0 saturated heterocycles. The molecule has 0 aromatic heterocycles. The molecule has 0 heterocycles. The summed E-state index contributed by atoms with van der Waals surface area (Å²) in [5.74, 6) is 0.522. The highest BCUT2D eigenvalue weighted by Gasteiger charge is 2.40. The zero-order valence-corrected chi connectivity index (χ0v) is 18.9. The maximum atomic E-state index is 7.05. The first-order chi connectivity index (χ1) is 12.0. The third-order valence-electron chi connectivity index (χ3n) is 5.50. The predicted molar refractivity (Wildman–Crippen MR) is 119 cm³/mol. The second kappa shape index (κ2) is 6.69. The van der Waals surface area contributed by atoms with Crippen LogP contribution in [0.2, 0.25) is 13.1 Å². The van der Waals surface area contributed by atoms with Gasteiger partial charge >= 0.3 is 0 Å². The van der Waals surface area contributed by atoms with Gasteiger partial charge in [0.25, 0.3) is 0 Å². The first-order valence-corrected chi connectivity index (χ1v) is 13.7. The fourth-order valence-corrected chi connectivity index (χ4v) is 7.02. The Balaban J connectivity index is 2.13. The lowest BCUT2D eigenvalue weighted by Gasteiger charge is -2.30. The lowest BCUT2D eigenvalue weighted by atomic mass is 9.85.